The van der Waals surface area contributed by atoms with Crippen molar-refractivity contribution in [3.05, 3.63) is 23.0 Å². The van der Waals surface area contributed by atoms with Crippen molar-refractivity contribution in [2.75, 3.05) is 25.5 Å². The largest absolute Gasteiger partial charge is 0.380 e. The van der Waals surface area contributed by atoms with Gasteiger partial charge in [0.25, 0.3) is 5.91 Å². The number of nitrogens with one attached hydrogen (secondary N) is 3. The summed E-state index contributed by atoms with van der Waals surface area (Å²) in [7, 11) is 1.60. The number of carbonyl (C=O) groups is 1. The van der Waals surface area contributed by atoms with E-state index < -0.39 is 0 Å². The number of pyridine rings is 1. The van der Waals surface area contributed by atoms with Gasteiger partial charge in [0.1, 0.15) is 5.15 Å². The molecule has 5 nitrogen and oxygen atoms in total. The highest BCUT2D eigenvalue weighted by Gasteiger charge is 2.18. The fourth-order valence-electron chi connectivity index (χ4n) is 1.86. The van der Waals surface area contributed by atoms with Crippen LogP contribution >= 0.6 is 11.6 Å². The third kappa shape index (κ3) is 2.87. The van der Waals surface area contributed by atoms with Gasteiger partial charge in [-0.2, -0.15) is 0 Å². The number of rotatable bonds is 3. The molecule has 1 aromatic rings. The number of amides is 1. The number of hydrogen-bond acceptors (Lipinski definition) is 4. The van der Waals surface area contributed by atoms with E-state index in [1.54, 1.807) is 13.1 Å². The minimum atomic E-state index is -0.164. The van der Waals surface area contributed by atoms with Crippen molar-refractivity contribution in [1.82, 2.24) is 15.6 Å². The fourth-order valence-corrected chi connectivity index (χ4v) is 2.02. The van der Waals surface area contributed by atoms with E-state index in [1.165, 1.54) is 6.20 Å². The zero-order valence-electron chi connectivity index (χ0n) is 9.59. The molecule has 0 radical (unpaired) electrons. The molecular formula is C11H15ClN4O. The van der Waals surface area contributed by atoms with E-state index in [0.29, 0.717) is 16.8 Å². The van der Waals surface area contributed by atoms with Crippen LogP contribution in [0.1, 0.15) is 16.8 Å². The second-order valence-electron chi connectivity index (χ2n) is 3.97. The van der Waals surface area contributed by atoms with Crippen molar-refractivity contribution in [1.29, 1.82) is 0 Å². The summed E-state index contributed by atoms with van der Waals surface area (Å²) in [5.41, 5.74) is 1.25. The van der Waals surface area contributed by atoms with Gasteiger partial charge in [0.2, 0.25) is 0 Å². The maximum absolute atomic E-state index is 11.7. The Morgan fingerprint density at radius 3 is 3.12 bits per heavy atom. The van der Waals surface area contributed by atoms with Crippen LogP contribution in [0.2, 0.25) is 5.15 Å². The van der Waals surface area contributed by atoms with Gasteiger partial charge in [0.05, 0.1) is 11.3 Å². The van der Waals surface area contributed by atoms with Crippen LogP contribution in [0.5, 0.6) is 0 Å². The van der Waals surface area contributed by atoms with Crippen LogP contribution < -0.4 is 16.0 Å². The molecule has 0 aromatic carbocycles. The van der Waals surface area contributed by atoms with Crippen molar-refractivity contribution in [2.24, 2.45) is 0 Å². The number of anilines is 1. The third-order valence-corrected chi connectivity index (χ3v) is 2.97. The van der Waals surface area contributed by atoms with Crippen molar-refractivity contribution >= 4 is 23.2 Å². The molecule has 1 amide bonds. The second kappa shape index (κ2) is 5.33. The molecule has 0 aliphatic carbocycles. The van der Waals surface area contributed by atoms with Crippen molar-refractivity contribution in [2.45, 2.75) is 12.5 Å². The molecular weight excluding hydrogens is 240 g/mol. The van der Waals surface area contributed by atoms with E-state index >= 15 is 0 Å². The summed E-state index contributed by atoms with van der Waals surface area (Å²) < 4.78 is 0. The highest BCUT2D eigenvalue weighted by molar-refractivity contribution is 6.29. The predicted molar refractivity (Wildman–Crippen MR) is 67.5 cm³/mol. The molecule has 6 heteroatoms. The van der Waals surface area contributed by atoms with E-state index in [0.717, 1.165) is 25.2 Å². The molecule has 1 aliphatic rings. The lowest BCUT2D eigenvalue weighted by Gasteiger charge is -2.15. The molecule has 1 aromatic heterocycles. The number of aromatic nitrogens is 1. The lowest BCUT2D eigenvalue weighted by atomic mass is 10.2. The molecule has 0 bridgehead atoms. The summed E-state index contributed by atoms with van der Waals surface area (Å²) in [6.07, 6.45) is 2.53. The minimum Gasteiger partial charge on any atom is -0.380 e. The SMILES string of the molecule is CNC(=O)c1cnc(Cl)cc1N[C@@H]1CCNC1. The monoisotopic (exact) mass is 254 g/mol. The van der Waals surface area contributed by atoms with Gasteiger partial charge in [-0.05, 0) is 19.0 Å². The molecule has 92 valence electrons. The molecule has 3 N–H and O–H groups in total. The molecule has 2 heterocycles. The lowest BCUT2D eigenvalue weighted by Crippen LogP contribution is -2.25. The predicted octanol–water partition coefficient (Wildman–Crippen LogP) is 0.868. The zero-order chi connectivity index (χ0) is 12.3. The zero-order valence-corrected chi connectivity index (χ0v) is 10.3. The molecule has 0 saturated carbocycles. The van der Waals surface area contributed by atoms with Crippen molar-refractivity contribution in [3.8, 4) is 0 Å². The summed E-state index contributed by atoms with van der Waals surface area (Å²) in [4.78, 5) is 15.6. The molecule has 0 spiro atoms. The highest BCUT2D eigenvalue weighted by atomic mass is 35.5. The molecule has 2 rings (SSSR count). The van der Waals surface area contributed by atoms with Crippen LogP contribution in [0.4, 0.5) is 5.69 Å². The average molecular weight is 255 g/mol. The molecule has 0 unspecified atom stereocenters. The first-order valence-corrected chi connectivity index (χ1v) is 5.93. The first-order valence-electron chi connectivity index (χ1n) is 5.55. The van der Waals surface area contributed by atoms with Gasteiger partial charge in [-0.25, -0.2) is 4.98 Å². The summed E-state index contributed by atoms with van der Waals surface area (Å²) in [6.45, 7) is 1.89. The number of halogens is 1. The number of carbonyl (C=O) groups excluding carboxylic acids is 1. The Kier molecular flexibility index (Phi) is 3.81. The van der Waals surface area contributed by atoms with Gasteiger partial charge in [-0.3, -0.25) is 4.79 Å². The Labute approximate surface area is 105 Å². The lowest BCUT2D eigenvalue weighted by molar-refractivity contribution is 0.0963. The Morgan fingerprint density at radius 1 is 1.65 bits per heavy atom. The first-order chi connectivity index (χ1) is 8.20. The smallest absolute Gasteiger partial charge is 0.254 e. The van der Waals surface area contributed by atoms with Gasteiger partial charge < -0.3 is 16.0 Å². The Morgan fingerprint density at radius 2 is 2.47 bits per heavy atom. The molecule has 1 aliphatic heterocycles. The Balaban J connectivity index is 2.22. The standard InChI is InChI=1S/C11H15ClN4O/c1-13-11(17)8-6-15-10(12)4-9(8)16-7-2-3-14-5-7/h4,6-7,14H,2-3,5H2,1H3,(H,13,17)(H,15,16)/t7-/m1/s1. The molecule has 1 atom stereocenters. The van der Waals surface area contributed by atoms with Gasteiger partial charge in [-0.1, -0.05) is 11.6 Å². The summed E-state index contributed by atoms with van der Waals surface area (Å²) >= 11 is 5.85. The maximum atomic E-state index is 11.7. The normalized spacial score (nSPS) is 19.1. The number of hydrogen-bond donors (Lipinski definition) is 3. The minimum absolute atomic E-state index is 0.164. The van der Waals surface area contributed by atoms with Crippen molar-refractivity contribution in [3.63, 3.8) is 0 Å². The van der Waals surface area contributed by atoms with Crippen LogP contribution in [0.3, 0.4) is 0 Å². The van der Waals surface area contributed by atoms with Crippen LogP contribution in [0.15, 0.2) is 12.3 Å². The quantitative estimate of drug-likeness (QED) is 0.701. The van der Waals surface area contributed by atoms with E-state index in [-0.39, 0.29) is 5.91 Å². The maximum Gasteiger partial charge on any atom is 0.254 e. The molecule has 17 heavy (non-hydrogen) atoms. The van der Waals surface area contributed by atoms with Crippen LogP contribution in [0, 0.1) is 0 Å². The van der Waals surface area contributed by atoms with E-state index in [4.69, 9.17) is 11.6 Å². The van der Waals surface area contributed by atoms with Gasteiger partial charge >= 0.3 is 0 Å². The topological polar surface area (TPSA) is 66.0 Å². The summed E-state index contributed by atoms with van der Waals surface area (Å²) in [5.74, 6) is -0.164. The summed E-state index contributed by atoms with van der Waals surface area (Å²) in [6, 6.07) is 2.02. The van der Waals surface area contributed by atoms with Gasteiger partial charge in [0.15, 0.2) is 0 Å². The average Bonchev–Trinajstić information content (AvgIpc) is 2.81. The van der Waals surface area contributed by atoms with Gasteiger partial charge in [-0.15, -0.1) is 0 Å². The highest BCUT2D eigenvalue weighted by Crippen LogP contribution is 2.20. The van der Waals surface area contributed by atoms with Crippen LogP contribution in [0.25, 0.3) is 0 Å². The van der Waals surface area contributed by atoms with Crippen molar-refractivity contribution < 1.29 is 4.79 Å². The van der Waals surface area contributed by atoms with Crippen LogP contribution in [-0.4, -0.2) is 37.1 Å². The molecule has 1 fully saturated rings. The van der Waals surface area contributed by atoms with E-state index in [1.807, 2.05) is 0 Å². The third-order valence-electron chi connectivity index (χ3n) is 2.76. The second-order valence-corrected chi connectivity index (χ2v) is 4.35. The molecule has 1 saturated heterocycles. The Bertz CT molecular complexity index is 418. The summed E-state index contributed by atoms with van der Waals surface area (Å²) in [5, 5.41) is 9.54. The van der Waals surface area contributed by atoms with Gasteiger partial charge in [0, 0.05) is 25.8 Å². The van der Waals surface area contributed by atoms with E-state index in [9.17, 15) is 4.79 Å². The van der Waals surface area contributed by atoms with Crippen LogP contribution in [-0.2, 0) is 0 Å². The fraction of sp³-hybridized carbons (Fsp3) is 0.455. The Hall–Kier alpha value is -1.33. The number of nitrogens with zero attached hydrogens (tertiary/aromatic N) is 1. The van der Waals surface area contributed by atoms with E-state index in [2.05, 4.69) is 20.9 Å². The first kappa shape index (κ1) is 12.1.